The Bertz CT molecular complexity index is 1130. The van der Waals surface area contributed by atoms with E-state index in [2.05, 4.69) is 5.32 Å². The summed E-state index contributed by atoms with van der Waals surface area (Å²) in [5, 5.41) is 3.29. The Morgan fingerprint density at radius 1 is 0.931 bits per heavy atom. The molecule has 150 valence electrons. The summed E-state index contributed by atoms with van der Waals surface area (Å²) in [6.45, 7) is 3.26. The van der Waals surface area contributed by atoms with Crippen LogP contribution in [0.1, 0.15) is 11.1 Å². The van der Waals surface area contributed by atoms with Crippen molar-refractivity contribution in [2.24, 2.45) is 0 Å². The van der Waals surface area contributed by atoms with E-state index < -0.39 is 15.9 Å². The van der Waals surface area contributed by atoms with Crippen LogP contribution in [0.5, 0.6) is 0 Å². The van der Waals surface area contributed by atoms with Gasteiger partial charge in [-0.2, -0.15) is 0 Å². The zero-order valence-corrected chi connectivity index (χ0v) is 17.7. The van der Waals surface area contributed by atoms with Gasteiger partial charge in [0.1, 0.15) is 6.54 Å². The number of nitrogens with zero attached hydrogens (tertiary/aromatic N) is 1. The number of carbonyl (C=O) groups is 1. The fourth-order valence-corrected chi connectivity index (χ4v) is 4.68. The lowest BCUT2D eigenvalue weighted by Gasteiger charge is -2.26. The van der Waals surface area contributed by atoms with Crippen molar-refractivity contribution in [2.75, 3.05) is 16.2 Å². The lowest BCUT2D eigenvalue weighted by molar-refractivity contribution is -0.114. The highest BCUT2D eigenvalue weighted by atomic mass is 35.5. The summed E-state index contributed by atoms with van der Waals surface area (Å²) in [5.41, 5.74) is 2.59. The van der Waals surface area contributed by atoms with Gasteiger partial charge in [0, 0.05) is 10.7 Å². The molecule has 0 fully saturated rings. The fourth-order valence-electron chi connectivity index (χ4n) is 2.95. The molecule has 0 saturated carbocycles. The molecule has 0 atom stereocenters. The summed E-state index contributed by atoms with van der Waals surface area (Å²) in [6, 6.07) is 20.3. The summed E-state index contributed by atoms with van der Waals surface area (Å²) >= 11 is 6.04. The van der Waals surface area contributed by atoms with Crippen molar-refractivity contribution in [3.05, 3.63) is 88.9 Å². The molecule has 0 aliphatic carbocycles. The van der Waals surface area contributed by atoms with E-state index in [0.29, 0.717) is 22.0 Å². The maximum atomic E-state index is 13.3. The van der Waals surface area contributed by atoms with Crippen LogP contribution in [-0.2, 0) is 14.8 Å². The van der Waals surface area contributed by atoms with E-state index in [1.165, 1.54) is 12.1 Å². The molecule has 0 aromatic heterocycles. The molecule has 0 unspecified atom stereocenters. The highest BCUT2D eigenvalue weighted by molar-refractivity contribution is 7.92. The molecule has 0 aliphatic heterocycles. The number of sulfonamides is 1. The number of carbonyl (C=O) groups excluding carboxylic acids is 1. The van der Waals surface area contributed by atoms with Crippen LogP contribution in [-0.4, -0.2) is 20.9 Å². The van der Waals surface area contributed by atoms with Crippen LogP contribution in [0.3, 0.4) is 0 Å². The van der Waals surface area contributed by atoms with Crippen molar-refractivity contribution < 1.29 is 13.2 Å². The van der Waals surface area contributed by atoms with E-state index >= 15 is 0 Å². The van der Waals surface area contributed by atoms with Crippen molar-refractivity contribution in [2.45, 2.75) is 18.7 Å². The van der Waals surface area contributed by atoms with Crippen molar-refractivity contribution in [1.82, 2.24) is 0 Å². The van der Waals surface area contributed by atoms with Gasteiger partial charge in [-0.3, -0.25) is 9.10 Å². The average Bonchev–Trinajstić information content (AvgIpc) is 2.69. The second kappa shape index (κ2) is 8.68. The molecule has 1 amide bonds. The van der Waals surface area contributed by atoms with E-state index in [-0.39, 0.29) is 11.4 Å². The van der Waals surface area contributed by atoms with Gasteiger partial charge < -0.3 is 5.32 Å². The number of benzene rings is 3. The minimum absolute atomic E-state index is 0.109. The Hall–Kier alpha value is -2.83. The summed E-state index contributed by atoms with van der Waals surface area (Å²) in [6.07, 6.45) is 0. The first-order valence-corrected chi connectivity index (χ1v) is 10.8. The predicted molar refractivity (Wildman–Crippen MR) is 117 cm³/mol. The van der Waals surface area contributed by atoms with E-state index in [4.69, 9.17) is 11.6 Å². The van der Waals surface area contributed by atoms with E-state index in [0.717, 1.165) is 9.87 Å². The molecule has 3 rings (SSSR count). The lowest BCUT2D eigenvalue weighted by atomic mass is 10.2. The molecular formula is C22H21ClN2O3S. The minimum Gasteiger partial charge on any atom is -0.324 e. The van der Waals surface area contributed by atoms with Crippen molar-refractivity contribution in [3.63, 3.8) is 0 Å². The predicted octanol–water partition coefficient (Wildman–Crippen LogP) is 4.79. The van der Waals surface area contributed by atoms with Gasteiger partial charge >= 0.3 is 0 Å². The van der Waals surface area contributed by atoms with Gasteiger partial charge in [0.2, 0.25) is 5.91 Å². The molecule has 0 saturated heterocycles. The monoisotopic (exact) mass is 428 g/mol. The van der Waals surface area contributed by atoms with Gasteiger partial charge in [-0.05, 0) is 61.4 Å². The number of hydrogen-bond acceptors (Lipinski definition) is 3. The molecule has 29 heavy (non-hydrogen) atoms. The topological polar surface area (TPSA) is 66.5 Å². The largest absolute Gasteiger partial charge is 0.324 e. The van der Waals surface area contributed by atoms with Gasteiger partial charge in [0.05, 0.1) is 10.6 Å². The summed E-state index contributed by atoms with van der Waals surface area (Å²) in [4.78, 5) is 12.9. The van der Waals surface area contributed by atoms with E-state index in [9.17, 15) is 13.2 Å². The number of anilines is 2. The smallest absolute Gasteiger partial charge is 0.264 e. The number of aryl methyl sites for hydroxylation is 2. The highest BCUT2D eigenvalue weighted by Crippen LogP contribution is 2.29. The Balaban J connectivity index is 1.99. The van der Waals surface area contributed by atoms with Crippen LogP contribution in [0.25, 0.3) is 0 Å². The molecule has 1 N–H and O–H groups in total. The van der Waals surface area contributed by atoms with Crippen LogP contribution < -0.4 is 9.62 Å². The number of rotatable bonds is 6. The first-order chi connectivity index (χ1) is 13.8. The van der Waals surface area contributed by atoms with Crippen LogP contribution in [0.2, 0.25) is 5.02 Å². The maximum Gasteiger partial charge on any atom is 0.264 e. The summed E-state index contributed by atoms with van der Waals surface area (Å²) in [7, 11) is -3.96. The van der Waals surface area contributed by atoms with Gasteiger partial charge in [-0.25, -0.2) is 8.42 Å². The molecule has 0 heterocycles. The molecule has 3 aromatic rings. The Morgan fingerprint density at radius 2 is 1.59 bits per heavy atom. The van der Waals surface area contributed by atoms with Crippen molar-refractivity contribution in [1.29, 1.82) is 0 Å². The summed E-state index contributed by atoms with van der Waals surface area (Å²) in [5.74, 6) is -0.437. The number of nitrogens with one attached hydrogen (secondary N) is 1. The minimum atomic E-state index is -3.96. The maximum absolute atomic E-state index is 13.3. The van der Waals surface area contributed by atoms with Crippen LogP contribution in [0.15, 0.2) is 77.7 Å². The van der Waals surface area contributed by atoms with Gasteiger partial charge in [-0.15, -0.1) is 0 Å². The molecule has 5 nitrogen and oxygen atoms in total. The zero-order chi connectivity index (χ0) is 21.0. The van der Waals surface area contributed by atoms with Crippen molar-refractivity contribution in [3.8, 4) is 0 Å². The Kier molecular flexibility index (Phi) is 6.25. The Labute approximate surface area is 176 Å². The van der Waals surface area contributed by atoms with Gasteiger partial charge in [0.25, 0.3) is 10.0 Å². The zero-order valence-electron chi connectivity index (χ0n) is 16.1. The molecular weight excluding hydrogens is 408 g/mol. The number of halogens is 1. The SMILES string of the molecule is Cc1ccccc1NC(=O)CN(c1ccc(Cl)cc1C)S(=O)(=O)c1ccccc1. The standard InChI is InChI=1S/C22H21ClN2O3S/c1-16-8-6-7-11-20(16)24-22(26)15-25(21-13-12-18(23)14-17(21)2)29(27,28)19-9-4-3-5-10-19/h3-14H,15H2,1-2H3,(H,24,26). The van der Waals surface area contributed by atoms with Crippen LogP contribution in [0.4, 0.5) is 11.4 Å². The number of hydrogen-bond donors (Lipinski definition) is 1. The second-order valence-electron chi connectivity index (χ2n) is 6.62. The molecule has 7 heteroatoms. The van der Waals surface area contributed by atoms with Gasteiger partial charge in [0.15, 0.2) is 0 Å². The normalized spacial score (nSPS) is 11.1. The van der Waals surface area contributed by atoms with Gasteiger partial charge in [-0.1, -0.05) is 48.0 Å². The number of para-hydroxylation sites is 1. The number of amides is 1. The van der Waals surface area contributed by atoms with Crippen molar-refractivity contribution >= 4 is 38.9 Å². The quantitative estimate of drug-likeness (QED) is 0.613. The first-order valence-electron chi connectivity index (χ1n) is 8.98. The second-order valence-corrected chi connectivity index (χ2v) is 8.92. The van der Waals surface area contributed by atoms with Crippen LogP contribution >= 0.6 is 11.6 Å². The van der Waals surface area contributed by atoms with E-state index in [1.807, 2.05) is 25.1 Å². The van der Waals surface area contributed by atoms with Crippen LogP contribution in [0, 0.1) is 13.8 Å². The molecule has 0 radical (unpaired) electrons. The molecule has 0 spiro atoms. The Morgan fingerprint density at radius 3 is 2.24 bits per heavy atom. The first kappa shape index (κ1) is 20.9. The third kappa shape index (κ3) is 4.78. The molecule has 0 bridgehead atoms. The lowest BCUT2D eigenvalue weighted by Crippen LogP contribution is -2.38. The van der Waals surface area contributed by atoms with E-state index in [1.54, 1.807) is 49.4 Å². The fraction of sp³-hybridized carbons (Fsp3) is 0.136. The highest BCUT2D eigenvalue weighted by Gasteiger charge is 2.28. The molecule has 3 aromatic carbocycles. The average molecular weight is 429 g/mol. The third-order valence-electron chi connectivity index (χ3n) is 4.47. The summed E-state index contributed by atoms with van der Waals surface area (Å²) < 4.78 is 27.8. The third-order valence-corrected chi connectivity index (χ3v) is 6.47. The molecule has 0 aliphatic rings.